The average Bonchev–Trinajstić information content (AvgIpc) is 3.48. The largest absolute Gasteiger partial charge is 0.473 e. The summed E-state index contributed by atoms with van der Waals surface area (Å²) >= 11 is 1.45. The first kappa shape index (κ1) is 25.8. The lowest BCUT2D eigenvalue weighted by Gasteiger charge is -2.29. The van der Waals surface area contributed by atoms with Crippen LogP contribution in [0.25, 0.3) is 15.9 Å². The van der Waals surface area contributed by atoms with Crippen LogP contribution in [0.5, 0.6) is 5.88 Å². The van der Waals surface area contributed by atoms with E-state index in [9.17, 15) is 4.79 Å². The molecule has 4 aromatic rings. The van der Waals surface area contributed by atoms with Gasteiger partial charge in [-0.25, -0.2) is 9.97 Å². The minimum absolute atomic E-state index is 0.216. The van der Waals surface area contributed by atoms with E-state index in [4.69, 9.17) is 24.7 Å². The Morgan fingerprint density at radius 3 is 2.87 bits per heavy atom. The Morgan fingerprint density at radius 1 is 1.26 bits per heavy atom. The topological polar surface area (TPSA) is 93.3 Å². The van der Waals surface area contributed by atoms with E-state index >= 15 is 0 Å². The van der Waals surface area contributed by atoms with Crippen LogP contribution in [0.3, 0.4) is 0 Å². The van der Waals surface area contributed by atoms with Crippen molar-refractivity contribution in [1.82, 2.24) is 19.4 Å². The highest BCUT2D eigenvalue weighted by Crippen LogP contribution is 2.29. The third kappa shape index (κ3) is 5.66. The summed E-state index contributed by atoms with van der Waals surface area (Å²) in [7, 11) is 2.67. The molecule has 1 fully saturated rings. The molecule has 2 unspecified atom stereocenters. The number of imidazole rings is 1. The first-order valence-electron chi connectivity index (χ1n) is 13.0. The molecule has 8 nitrogen and oxygen atoms in total. The van der Waals surface area contributed by atoms with E-state index < -0.39 is 0 Å². The molecule has 0 spiro atoms. The molecule has 1 aromatic carbocycles. The second-order valence-electron chi connectivity index (χ2n) is 9.77. The van der Waals surface area contributed by atoms with Gasteiger partial charge in [0, 0.05) is 25.8 Å². The number of rotatable bonds is 9. The predicted molar refractivity (Wildman–Crippen MR) is 154 cm³/mol. The maximum Gasteiger partial charge on any atom is 0.214 e. The van der Waals surface area contributed by atoms with Gasteiger partial charge in [-0.05, 0) is 53.5 Å². The molecule has 0 radical (unpaired) electrons. The monoisotopic (exact) mass is 557 g/mol. The van der Waals surface area contributed by atoms with Gasteiger partial charge in [-0.2, -0.15) is 5.26 Å². The third-order valence-electron chi connectivity index (χ3n) is 7.20. The number of ether oxygens (including phenoxy) is 2. The van der Waals surface area contributed by atoms with E-state index in [-0.39, 0.29) is 6.10 Å². The number of carbonyl (C=O) groups excluding carboxylic acids is 1. The van der Waals surface area contributed by atoms with E-state index in [2.05, 4.69) is 30.9 Å². The van der Waals surface area contributed by atoms with Gasteiger partial charge >= 0.3 is 0 Å². The van der Waals surface area contributed by atoms with Crippen LogP contribution >= 0.6 is 20.6 Å². The first-order chi connectivity index (χ1) is 19.1. The average molecular weight is 558 g/mol. The summed E-state index contributed by atoms with van der Waals surface area (Å²) in [6, 6.07) is 15.5. The van der Waals surface area contributed by atoms with Crippen LogP contribution in [0.15, 0.2) is 48.5 Å². The van der Waals surface area contributed by atoms with Gasteiger partial charge in [0.1, 0.15) is 17.3 Å². The van der Waals surface area contributed by atoms with Crippen LogP contribution in [0, 0.1) is 11.3 Å². The zero-order chi connectivity index (χ0) is 26.8. The van der Waals surface area contributed by atoms with Crippen LogP contribution in [0.4, 0.5) is 0 Å². The standard InChI is InChI=1S/C29H28N5O3PS/c30-14-19-4-5-21(26(38)12-19)18-37-28-3-1-2-24(31-28)20-6-9-33(10-7-20)16-27-32-29-25(13-23(17-35)39-29)34(27)15-22-8-11-36-22/h1-6,12-13,17,22H,7-11,15-16,18,38H2. The predicted octanol–water partition coefficient (Wildman–Crippen LogP) is 4.33. The summed E-state index contributed by atoms with van der Waals surface area (Å²) in [6.45, 7) is 4.43. The maximum atomic E-state index is 11.3. The smallest absolute Gasteiger partial charge is 0.214 e. The molecule has 39 heavy (non-hydrogen) atoms. The fourth-order valence-corrected chi connectivity index (χ4v) is 6.13. The molecule has 5 heterocycles. The van der Waals surface area contributed by atoms with Crippen molar-refractivity contribution >= 4 is 48.1 Å². The quantitative estimate of drug-likeness (QED) is 0.223. The molecular weight excluding hydrogens is 529 g/mol. The number of pyridine rings is 1. The van der Waals surface area contributed by atoms with Crippen LogP contribution in [0.1, 0.15) is 45.2 Å². The summed E-state index contributed by atoms with van der Waals surface area (Å²) in [6.07, 6.45) is 5.30. The van der Waals surface area contributed by atoms with E-state index in [1.807, 2.05) is 36.4 Å². The Hall–Kier alpha value is -3.41. The van der Waals surface area contributed by atoms with Crippen molar-refractivity contribution in [3.8, 4) is 11.9 Å². The molecule has 2 atom stereocenters. The normalized spacial score (nSPS) is 17.4. The minimum atomic E-state index is 0.216. The molecule has 0 N–H and O–H groups in total. The van der Waals surface area contributed by atoms with Crippen molar-refractivity contribution in [1.29, 1.82) is 5.26 Å². The van der Waals surface area contributed by atoms with Crippen molar-refractivity contribution in [2.45, 2.75) is 38.6 Å². The van der Waals surface area contributed by atoms with Crippen LogP contribution in [-0.4, -0.2) is 51.5 Å². The molecule has 0 bridgehead atoms. The maximum absolute atomic E-state index is 11.3. The second-order valence-corrected chi connectivity index (χ2v) is 11.5. The van der Waals surface area contributed by atoms with Crippen LogP contribution < -0.4 is 10.0 Å². The highest BCUT2D eigenvalue weighted by Gasteiger charge is 2.24. The highest BCUT2D eigenvalue weighted by atomic mass is 32.1. The molecule has 10 heteroatoms. The van der Waals surface area contributed by atoms with Gasteiger partial charge in [-0.15, -0.1) is 20.6 Å². The van der Waals surface area contributed by atoms with Gasteiger partial charge in [0.15, 0.2) is 6.29 Å². The number of hydrogen-bond acceptors (Lipinski definition) is 8. The van der Waals surface area contributed by atoms with Crippen molar-refractivity contribution in [2.75, 3.05) is 19.7 Å². The molecule has 2 aliphatic heterocycles. The SMILES string of the molecule is N#Cc1ccc(COc2cccc(C3=CCN(Cc4nc5sc(C=O)cc5n4CC4CCO4)CC3)n2)c(P)c1. The van der Waals surface area contributed by atoms with Crippen molar-refractivity contribution < 1.29 is 14.3 Å². The van der Waals surface area contributed by atoms with Gasteiger partial charge in [0.05, 0.1) is 46.9 Å². The van der Waals surface area contributed by atoms with Gasteiger partial charge in [0.2, 0.25) is 5.88 Å². The Morgan fingerprint density at radius 2 is 2.15 bits per heavy atom. The summed E-state index contributed by atoms with van der Waals surface area (Å²) in [4.78, 5) is 25.0. The van der Waals surface area contributed by atoms with Gasteiger partial charge in [-0.3, -0.25) is 9.69 Å². The van der Waals surface area contributed by atoms with Gasteiger partial charge < -0.3 is 14.0 Å². The molecule has 6 rings (SSSR count). The highest BCUT2D eigenvalue weighted by molar-refractivity contribution is 7.27. The van der Waals surface area contributed by atoms with E-state index in [0.29, 0.717) is 22.9 Å². The first-order valence-corrected chi connectivity index (χ1v) is 14.3. The molecule has 3 aromatic heterocycles. The molecule has 0 aliphatic carbocycles. The number of nitrogens with zero attached hydrogens (tertiary/aromatic N) is 5. The Kier molecular flexibility index (Phi) is 7.53. The fourth-order valence-electron chi connectivity index (χ4n) is 4.90. The molecule has 2 aliphatic rings. The fraction of sp³-hybridized carbons (Fsp3) is 0.310. The van der Waals surface area contributed by atoms with Crippen LogP contribution in [0.2, 0.25) is 0 Å². The van der Waals surface area contributed by atoms with Crippen molar-refractivity contribution in [3.63, 3.8) is 0 Å². The zero-order valence-electron chi connectivity index (χ0n) is 21.4. The number of thiophene rings is 1. The molecule has 0 amide bonds. The summed E-state index contributed by atoms with van der Waals surface area (Å²) in [5.41, 5.74) is 4.80. The molecule has 1 saturated heterocycles. The van der Waals surface area contributed by atoms with Crippen LogP contribution in [-0.2, 0) is 24.4 Å². The molecular formula is C29H28N5O3PS. The number of carbonyl (C=O) groups is 1. The third-order valence-corrected chi connectivity index (χ3v) is 8.68. The van der Waals surface area contributed by atoms with E-state index in [1.54, 1.807) is 6.07 Å². The minimum Gasteiger partial charge on any atom is -0.473 e. The number of aromatic nitrogens is 3. The summed E-state index contributed by atoms with van der Waals surface area (Å²) in [5.74, 6) is 1.60. The lowest BCUT2D eigenvalue weighted by atomic mass is 10.0. The summed E-state index contributed by atoms with van der Waals surface area (Å²) in [5, 5.41) is 10.0. The van der Waals surface area contributed by atoms with Gasteiger partial charge in [-0.1, -0.05) is 18.2 Å². The number of fused-ring (bicyclic) bond motifs is 1. The Labute approximate surface area is 233 Å². The van der Waals surface area contributed by atoms with Crippen molar-refractivity contribution in [2.24, 2.45) is 0 Å². The number of aldehydes is 1. The van der Waals surface area contributed by atoms with E-state index in [1.165, 1.54) is 16.9 Å². The van der Waals surface area contributed by atoms with Gasteiger partial charge in [0.25, 0.3) is 0 Å². The van der Waals surface area contributed by atoms with Crippen molar-refractivity contribution in [3.05, 3.63) is 76.1 Å². The lowest BCUT2D eigenvalue weighted by molar-refractivity contribution is -0.0591. The Balaban J connectivity index is 1.12. The molecule has 198 valence electrons. The summed E-state index contributed by atoms with van der Waals surface area (Å²) < 4.78 is 13.9. The second kappa shape index (κ2) is 11.4. The Bertz CT molecular complexity index is 1600. The zero-order valence-corrected chi connectivity index (χ0v) is 23.3. The molecule has 0 saturated carbocycles. The number of nitriles is 1. The lowest BCUT2D eigenvalue weighted by Crippen LogP contribution is -2.33. The van der Waals surface area contributed by atoms with E-state index in [0.717, 1.165) is 84.6 Å². The number of benzene rings is 1. The number of hydrogen-bond donors (Lipinski definition) is 0.